The Morgan fingerprint density at radius 1 is 1.47 bits per heavy atom. The number of hydrogen-bond acceptors (Lipinski definition) is 3. The minimum atomic E-state index is -0.0296. The van der Waals surface area contributed by atoms with Crippen molar-refractivity contribution in [2.75, 3.05) is 30.9 Å². The van der Waals surface area contributed by atoms with Gasteiger partial charge in [-0.15, -0.1) is 0 Å². The maximum Gasteiger partial charge on any atom is 0.241 e. The van der Waals surface area contributed by atoms with Gasteiger partial charge in [0.2, 0.25) is 5.91 Å². The zero-order valence-electron chi connectivity index (χ0n) is 10.4. The third-order valence-corrected chi connectivity index (χ3v) is 3.01. The van der Waals surface area contributed by atoms with E-state index in [4.69, 9.17) is 0 Å². The van der Waals surface area contributed by atoms with Crippen molar-refractivity contribution in [3.8, 4) is 0 Å². The fourth-order valence-electron chi connectivity index (χ4n) is 2.00. The summed E-state index contributed by atoms with van der Waals surface area (Å²) >= 11 is 0. The van der Waals surface area contributed by atoms with E-state index in [1.807, 2.05) is 43.3 Å². The Hall–Kier alpha value is -1.55. The van der Waals surface area contributed by atoms with Crippen molar-refractivity contribution in [2.45, 2.75) is 18.9 Å². The Morgan fingerprint density at radius 2 is 2.29 bits per heavy atom. The maximum absolute atomic E-state index is 11.9. The van der Waals surface area contributed by atoms with Crippen molar-refractivity contribution in [3.05, 3.63) is 24.3 Å². The molecule has 0 aromatic heterocycles. The SMILES string of the molecule is CN(C)c1cccc(NC(=O)C2CCCN2)c1. The summed E-state index contributed by atoms with van der Waals surface area (Å²) in [5, 5.41) is 6.14. The van der Waals surface area contributed by atoms with Crippen LogP contribution in [-0.2, 0) is 4.79 Å². The molecule has 0 bridgehead atoms. The van der Waals surface area contributed by atoms with Crippen molar-refractivity contribution < 1.29 is 4.79 Å². The smallest absolute Gasteiger partial charge is 0.241 e. The van der Waals surface area contributed by atoms with E-state index in [-0.39, 0.29) is 11.9 Å². The van der Waals surface area contributed by atoms with Crippen molar-refractivity contribution in [2.24, 2.45) is 0 Å². The molecule has 1 unspecified atom stereocenters. The summed E-state index contributed by atoms with van der Waals surface area (Å²) in [7, 11) is 3.97. The van der Waals surface area contributed by atoms with Gasteiger partial charge in [0.1, 0.15) is 0 Å². The van der Waals surface area contributed by atoms with E-state index in [9.17, 15) is 4.79 Å². The summed E-state index contributed by atoms with van der Waals surface area (Å²) in [5.41, 5.74) is 1.94. The van der Waals surface area contributed by atoms with Crippen molar-refractivity contribution in [3.63, 3.8) is 0 Å². The van der Waals surface area contributed by atoms with Gasteiger partial charge in [-0.1, -0.05) is 6.07 Å². The van der Waals surface area contributed by atoms with Gasteiger partial charge in [-0.05, 0) is 37.6 Å². The second kappa shape index (κ2) is 5.19. The van der Waals surface area contributed by atoms with Crippen LogP contribution in [0.5, 0.6) is 0 Å². The number of amides is 1. The summed E-state index contributed by atoms with van der Waals surface area (Å²) < 4.78 is 0. The van der Waals surface area contributed by atoms with Gasteiger partial charge in [0.15, 0.2) is 0 Å². The average Bonchev–Trinajstić information content (AvgIpc) is 2.82. The molecular formula is C13H19N3O. The first kappa shape index (κ1) is 11.9. The molecule has 4 nitrogen and oxygen atoms in total. The average molecular weight is 233 g/mol. The van der Waals surface area contributed by atoms with E-state index in [0.29, 0.717) is 0 Å². The molecular weight excluding hydrogens is 214 g/mol. The highest BCUT2D eigenvalue weighted by Crippen LogP contribution is 2.18. The molecule has 0 spiro atoms. The van der Waals surface area contributed by atoms with E-state index in [0.717, 1.165) is 30.8 Å². The molecule has 2 rings (SSSR count). The molecule has 1 aliphatic rings. The Labute approximate surface area is 102 Å². The second-order valence-electron chi connectivity index (χ2n) is 4.58. The van der Waals surface area contributed by atoms with Crippen LogP contribution in [0.25, 0.3) is 0 Å². The van der Waals surface area contributed by atoms with E-state index in [1.54, 1.807) is 0 Å². The molecule has 4 heteroatoms. The molecule has 2 N–H and O–H groups in total. The van der Waals surface area contributed by atoms with Gasteiger partial charge in [0.05, 0.1) is 6.04 Å². The number of anilines is 2. The molecule has 1 aromatic carbocycles. The molecule has 0 aliphatic carbocycles. The lowest BCUT2D eigenvalue weighted by molar-refractivity contribution is -0.117. The minimum absolute atomic E-state index is 0.0296. The van der Waals surface area contributed by atoms with Crippen LogP contribution in [-0.4, -0.2) is 32.6 Å². The van der Waals surface area contributed by atoms with Crippen LogP contribution in [0.3, 0.4) is 0 Å². The monoisotopic (exact) mass is 233 g/mol. The molecule has 17 heavy (non-hydrogen) atoms. The van der Waals surface area contributed by atoms with Crippen molar-refractivity contribution in [1.82, 2.24) is 5.32 Å². The van der Waals surface area contributed by atoms with Crippen LogP contribution >= 0.6 is 0 Å². The highest BCUT2D eigenvalue weighted by Gasteiger charge is 2.21. The number of nitrogens with zero attached hydrogens (tertiary/aromatic N) is 1. The molecule has 1 aliphatic heterocycles. The standard InChI is InChI=1S/C13H19N3O/c1-16(2)11-6-3-5-10(9-11)15-13(17)12-7-4-8-14-12/h3,5-6,9,12,14H,4,7-8H2,1-2H3,(H,15,17). The molecule has 0 radical (unpaired) electrons. The fourth-order valence-corrected chi connectivity index (χ4v) is 2.00. The van der Waals surface area contributed by atoms with Crippen LogP contribution in [0.15, 0.2) is 24.3 Å². The first-order chi connectivity index (χ1) is 8.16. The Bertz CT molecular complexity index is 397. The zero-order valence-corrected chi connectivity index (χ0v) is 10.4. The minimum Gasteiger partial charge on any atom is -0.378 e. The number of hydrogen-bond donors (Lipinski definition) is 2. The quantitative estimate of drug-likeness (QED) is 0.830. The Balaban J connectivity index is 2.02. The third-order valence-electron chi connectivity index (χ3n) is 3.01. The Morgan fingerprint density at radius 3 is 2.94 bits per heavy atom. The van der Waals surface area contributed by atoms with Crippen molar-refractivity contribution in [1.29, 1.82) is 0 Å². The third kappa shape index (κ3) is 2.97. The predicted octanol–water partition coefficient (Wildman–Crippen LogP) is 1.44. The summed E-state index contributed by atoms with van der Waals surface area (Å²) in [6.07, 6.45) is 2.01. The van der Waals surface area contributed by atoms with E-state index in [1.165, 1.54) is 0 Å². The molecule has 1 heterocycles. The van der Waals surface area contributed by atoms with Gasteiger partial charge < -0.3 is 15.5 Å². The zero-order chi connectivity index (χ0) is 12.3. The summed E-state index contributed by atoms with van der Waals surface area (Å²) in [5.74, 6) is 0.0680. The largest absolute Gasteiger partial charge is 0.378 e. The summed E-state index contributed by atoms with van der Waals surface area (Å²) in [4.78, 5) is 13.9. The lowest BCUT2D eigenvalue weighted by Crippen LogP contribution is -2.35. The van der Waals surface area contributed by atoms with Gasteiger partial charge in [0.25, 0.3) is 0 Å². The van der Waals surface area contributed by atoms with Crippen LogP contribution < -0.4 is 15.5 Å². The van der Waals surface area contributed by atoms with E-state index >= 15 is 0 Å². The lowest BCUT2D eigenvalue weighted by atomic mass is 10.2. The Kier molecular flexibility index (Phi) is 3.64. The molecule has 0 saturated carbocycles. The maximum atomic E-state index is 11.9. The van der Waals surface area contributed by atoms with Gasteiger partial charge >= 0.3 is 0 Å². The highest BCUT2D eigenvalue weighted by atomic mass is 16.2. The topological polar surface area (TPSA) is 44.4 Å². The first-order valence-corrected chi connectivity index (χ1v) is 5.98. The van der Waals surface area contributed by atoms with Crippen LogP contribution in [0.4, 0.5) is 11.4 Å². The molecule has 1 atom stereocenters. The number of carbonyl (C=O) groups excluding carboxylic acids is 1. The van der Waals surface area contributed by atoms with Crippen LogP contribution in [0.1, 0.15) is 12.8 Å². The van der Waals surface area contributed by atoms with Crippen LogP contribution in [0.2, 0.25) is 0 Å². The first-order valence-electron chi connectivity index (χ1n) is 5.98. The summed E-state index contributed by atoms with van der Waals surface area (Å²) in [6.45, 7) is 0.940. The van der Waals surface area contributed by atoms with Crippen molar-refractivity contribution >= 4 is 17.3 Å². The van der Waals surface area contributed by atoms with E-state index < -0.39 is 0 Å². The van der Waals surface area contributed by atoms with Gasteiger partial charge in [-0.3, -0.25) is 4.79 Å². The van der Waals surface area contributed by atoms with Gasteiger partial charge in [-0.25, -0.2) is 0 Å². The lowest BCUT2D eigenvalue weighted by Gasteiger charge is -2.15. The number of rotatable bonds is 3. The predicted molar refractivity (Wildman–Crippen MR) is 70.4 cm³/mol. The summed E-state index contributed by atoms with van der Waals surface area (Å²) in [6, 6.07) is 7.83. The number of nitrogens with one attached hydrogen (secondary N) is 2. The number of carbonyl (C=O) groups is 1. The number of benzene rings is 1. The van der Waals surface area contributed by atoms with E-state index in [2.05, 4.69) is 10.6 Å². The van der Waals surface area contributed by atoms with Gasteiger partial charge in [0, 0.05) is 25.5 Å². The molecule has 1 saturated heterocycles. The molecule has 1 aromatic rings. The normalized spacial score (nSPS) is 19.1. The highest BCUT2D eigenvalue weighted by molar-refractivity contribution is 5.95. The van der Waals surface area contributed by atoms with Gasteiger partial charge in [-0.2, -0.15) is 0 Å². The van der Waals surface area contributed by atoms with Crippen LogP contribution in [0, 0.1) is 0 Å². The molecule has 1 fully saturated rings. The molecule has 92 valence electrons. The molecule has 1 amide bonds. The fraction of sp³-hybridized carbons (Fsp3) is 0.462. The second-order valence-corrected chi connectivity index (χ2v) is 4.58.